The second-order valence-corrected chi connectivity index (χ2v) is 5.43. The molecule has 138 valence electrons. The van der Waals surface area contributed by atoms with Gasteiger partial charge < -0.3 is 9.67 Å². The van der Waals surface area contributed by atoms with E-state index in [1.54, 1.807) is 24.5 Å². The van der Waals surface area contributed by atoms with Gasteiger partial charge in [0.25, 0.3) is 0 Å². The minimum absolute atomic E-state index is 0. The first-order valence-electron chi connectivity index (χ1n) is 7.82. The van der Waals surface area contributed by atoms with E-state index >= 15 is 0 Å². The molecule has 4 rings (SSSR count). The Morgan fingerprint density at radius 1 is 0.962 bits per heavy atom. The first-order valence-corrected chi connectivity index (χ1v) is 7.82. The van der Waals surface area contributed by atoms with Gasteiger partial charge in [0.1, 0.15) is 0 Å². The Balaban J connectivity index is 0.000000258. The molecule has 0 aliphatic carbocycles. The van der Waals surface area contributed by atoms with Crippen LogP contribution in [0.2, 0.25) is 0 Å². The second-order valence-electron chi connectivity index (χ2n) is 5.43. The molecule has 0 fully saturated rings. The van der Waals surface area contributed by atoms with Crippen LogP contribution in [-0.4, -0.2) is 34.2 Å². The molecule has 0 aliphatic rings. The van der Waals surface area contributed by atoms with Crippen molar-refractivity contribution in [1.82, 2.24) is 29.1 Å². The molecule has 8 heteroatoms. The molecule has 4 aromatic rings. The van der Waals surface area contributed by atoms with Crippen LogP contribution >= 0.6 is 0 Å². The van der Waals surface area contributed by atoms with Crippen LogP contribution < -0.4 is 0 Å². The van der Waals surface area contributed by atoms with Gasteiger partial charge in [-0.05, 0) is 25.2 Å². The van der Waals surface area contributed by atoms with E-state index < -0.39 is 0 Å². The fourth-order valence-corrected chi connectivity index (χ4v) is 2.32. The fourth-order valence-electron chi connectivity index (χ4n) is 2.32. The minimum atomic E-state index is 0. The molecule has 0 spiro atoms. The molecule has 7 nitrogen and oxygen atoms in total. The second kappa shape index (κ2) is 9.73. The smallest absolute Gasteiger partial charge is 0.210 e. The molecule has 0 saturated heterocycles. The number of hydrogen-bond acceptors (Lipinski definition) is 4. The Bertz CT molecular complexity index is 872. The van der Waals surface area contributed by atoms with Gasteiger partial charge >= 0.3 is 0 Å². The molecule has 4 aromatic heterocycles. The van der Waals surface area contributed by atoms with E-state index in [-0.39, 0.29) is 26.9 Å². The number of pyridine rings is 1. The van der Waals surface area contributed by atoms with Crippen molar-refractivity contribution in [2.75, 3.05) is 0 Å². The molecule has 26 heavy (non-hydrogen) atoms. The summed E-state index contributed by atoms with van der Waals surface area (Å²) in [5.41, 5.74) is 2.24. The van der Waals surface area contributed by atoms with Gasteiger partial charge in [-0.25, -0.2) is 11.1 Å². The van der Waals surface area contributed by atoms with Gasteiger partial charge in [-0.2, -0.15) is 15.8 Å². The van der Waals surface area contributed by atoms with Crippen LogP contribution in [0, 0.1) is 6.07 Å². The molecule has 0 radical (unpaired) electrons. The molecule has 0 aliphatic heterocycles. The number of rotatable bonds is 4. The van der Waals surface area contributed by atoms with Gasteiger partial charge in [0.15, 0.2) is 0 Å². The van der Waals surface area contributed by atoms with Gasteiger partial charge in [-0.1, -0.05) is 11.8 Å². The van der Waals surface area contributed by atoms with Crippen LogP contribution in [0.25, 0.3) is 0 Å². The molecule has 0 bridgehead atoms. The largest absolute Gasteiger partial charge is 0.493 e. The molecular weight excluding hydrogens is 511 g/mol. The summed E-state index contributed by atoms with van der Waals surface area (Å²) in [7, 11) is 2.03. The Hall–Kier alpha value is -2.66. The summed E-state index contributed by atoms with van der Waals surface area (Å²) >= 11 is 0. The van der Waals surface area contributed by atoms with Crippen molar-refractivity contribution < 1.29 is 26.2 Å². The normalized spacial score (nSPS) is 9.88. The Kier molecular flexibility index (Phi) is 7.35. The molecule has 0 amide bonds. The third-order valence-corrected chi connectivity index (χ3v) is 3.49. The summed E-state index contributed by atoms with van der Waals surface area (Å²) in [5, 5.41) is 16.9. The molecule has 1 N–H and O–H groups in total. The third-order valence-electron chi connectivity index (χ3n) is 3.49. The van der Waals surface area contributed by atoms with Crippen LogP contribution in [0.3, 0.4) is 0 Å². The number of nitrogens with zero attached hydrogens (tertiary/aromatic N) is 6. The van der Waals surface area contributed by atoms with Crippen molar-refractivity contribution in [3.63, 3.8) is 0 Å². The summed E-state index contributed by atoms with van der Waals surface area (Å²) in [5.74, 6) is 0.0718. The zero-order valence-electron chi connectivity index (χ0n) is 14.2. The summed E-state index contributed by atoms with van der Waals surface area (Å²) in [6.07, 6.45) is 11.1. The standard InChI is InChI=1S/C13H14N5.C5H5NO.Pt/c1-16-9-12(10-17-6-2-4-14-17)8-13(16)11-18-7-3-5-15-18;7-5-3-1-2-4-6-5;/h2-7,9H,10-11H2,1H3;1-4H,(H,6,7);/q-1;;. The summed E-state index contributed by atoms with van der Waals surface area (Å²) in [6.45, 7) is 1.49. The van der Waals surface area contributed by atoms with E-state index in [1.165, 1.54) is 12.3 Å². The maximum absolute atomic E-state index is 8.52. The van der Waals surface area contributed by atoms with E-state index in [2.05, 4.69) is 32.0 Å². The van der Waals surface area contributed by atoms with Gasteiger partial charge in [0.05, 0.1) is 6.54 Å². The quantitative estimate of drug-likeness (QED) is 0.411. The number of hydrogen-bond donors (Lipinski definition) is 1. The van der Waals surface area contributed by atoms with E-state index in [1.807, 2.05) is 40.9 Å². The van der Waals surface area contributed by atoms with Gasteiger partial charge in [-0.15, -0.1) is 6.20 Å². The predicted molar refractivity (Wildman–Crippen MR) is 92.8 cm³/mol. The monoisotopic (exact) mass is 530 g/mol. The molecular formula is C18H19N6OPt-. The van der Waals surface area contributed by atoms with E-state index in [0.29, 0.717) is 0 Å². The minimum Gasteiger partial charge on any atom is -0.493 e. The first-order chi connectivity index (χ1) is 12.2. The zero-order chi connectivity index (χ0) is 17.5. The SMILES string of the molecule is Cn1cc(Cn2cccn2)[c-]c1Cn1cccn1.Oc1ccccn1.[Pt]. The van der Waals surface area contributed by atoms with Crippen molar-refractivity contribution in [2.24, 2.45) is 7.05 Å². The zero-order valence-corrected chi connectivity index (χ0v) is 16.5. The summed E-state index contributed by atoms with van der Waals surface area (Å²) in [4.78, 5) is 3.53. The maximum Gasteiger partial charge on any atom is 0.210 e. The van der Waals surface area contributed by atoms with Crippen molar-refractivity contribution in [1.29, 1.82) is 0 Å². The van der Waals surface area contributed by atoms with Gasteiger partial charge in [-0.3, -0.25) is 9.36 Å². The van der Waals surface area contributed by atoms with Crippen LogP contribution in [0.1, 0.15) is 11.3 Å². The Labute approximate surface area is 166 Å². The molecule has 0 aromatic carbocycles. The van der Waals surface area contributed by atoms with Crippen molar-refractivity contribution >= 4 is 0 Å². The van der Waals surface area contributed by atoms with Crippen molar-refractivity contribution in [3.05, 3.63) is 84.8 Å². The molecule has 0 unspecified atom stereocenters. The summed E-state index contributed by atoms with van der Waals surface area (Å²) in [6, 6.07) is 12.2. The fraction of sp³-hybridized carbons (Fsp3) is 0.167. The average Bonchev–Trinajstić information content (AvgIpc) is 3.34. The van der Waals surface area contributed by atoms with Gasteiger partial charge in [0, 0.05) is 64.7 Å². The van der Waals surface area contributed by atoms with Crippen LogP contribution in [-0.2, 0) is 41.2 Å². The van der Waals surface area contributed by atoms with Crippen LogP contribution in [0.15, 0.2) is 67.5 Å². The van der Waals surface area contributed by atoms with E-state index in [0.717, 1.165) is 24.3 Å². The number of aromatic nitrogens is 6. The Morgan fingerprint density at radius 3 is 2.15 bits per heavy atom. The van der Waals surface area contributed by atoms with E-state index in [4.69, 9.17) is 5.11 Å². The molecule has 0 atom stereocenters. The molecule has 0 saturated carbocycles. The van der Waals surface area contributed by atoms with E-state index in [9.17, 15) is 0 Å². The molecule has 4 heterocycles. The van der Waals surface area contributed by atoms with Gasteiger partial charge in [0.2, 0.25) is 5.88 Å². The van der Waals surface area contributed by atoms with Crippen LogP contribution in [0.4, 0.5) is 0 Å². The Morgan fingerprint density at radius 2 is 1.65 bits per heavy atom. The maximum atomic E-state index is 8.52. The predicted octanol–water partition coefficient (Wildman–Crippen LogP) is 2.10. The number of aromatic hydroxyl groups is 1. The summed E-state index contributed by atoms with van der Waals surface area (Å²) < 4.78 is 5.87. The van der Waals surface area contributed by atoms with Crippen molar-refractivity contribution in [3.8, 4) is 5.88 Å². The average molecular weight is 530 g/mol. The first kappa shape index (κ1) is 19.7. The topological polar surface area (TPSA) is 73.7 Å². The van der Waals surface area contributed by atoms with Crippen molar-refractivity contribution in [2.45, 2.75) is 13.1 Å². The number of aryl methyl sites for hydroxylation is 1. The van der Waals surface area contributed by atoms with Crippen LogP contribution in [0.5, 0.6) is 5.88 Å². The third kappa shape index (κ3) is 5.70.